The van der Waals surface area contributed by atoms with Crippen LogP contribution in [-0.2, 0) is 22.7 Å². The van der Waals surface area contributed by atoms with Crippen LogP contribution in [0.25, 0.3) is 16.8 Å². The molecular formula is C27H19N3O7. The number of barbiturate groups is 1. The summed E-state index contributed by atoms with van der Waals surface area (Å²) in [4.78, 5) is 49.7. The van der Waals surface area contributed by atoms with Crippen molar-refractivity contribution in [2.75, 3.05) is 0 Å². The van der Waals surface area contributed by atoms with Gasteiger partial charge in [-0.05, 0) is 52.7 Å². The standard InChI is InChI=1S/C27H19N3O7/c31-25-23(26(32)29(27(33)28-25)15-20-5-3-13-36-20)14-22-21-6-2-1-4-18(21)9-12-24(22)37-16-17-7-10-19(11-8-17)30(34)35/h1-14H,15-16H2,(H,28,31,33)/b23-14+. The number of furan rings is 1. The van der Waals surface area contributed by atoms with Crippen LogP contribution in [0.4, 0.5) is 10.5 Å². The van der Waals surface area contributed by atoms with Gasteiger partial charge in [-0.25, -0.2) is 4.79 Å². The van der Waals surface area contributed by atoms with Gasteiger partial charge in [-0.2, -0.15) is 0 Å². The summed E-state index contributed by atoms with van der Waals surface area (Å²) in [5.74, 6) is -0.812. The number of rotatable bonds is 7. The molecular weight excluding hydrogens is 478 g/mol. The van der Waals surface area contributed by atoms with Gasteiger partial charge in [0.25, 0.3) is 17.5 Å². The monoisotopic (exact) mass is 497 g/mol. The molecule has 0 unspecified atom stereocenters. The Bertz CT molecular complexity index is 1560. The van der Waals surface area contributed by atoms with E-state index in [1.54, 1.807) is 30.3 Å². The van der Waals surface area contributed by atoms with Gasteiger partial charge in [0.05, 0.1) is 17.7 Å². The molecule has 1 fully saturated rings. The number of urea groups is 1. The van der Waals surface area contributed by atoms with Crippen LogP contribution < -0.4 is 10.1 Å². The number of nitro groups is 1. The van der Waals surface area contributed by atoms with Crippen molar-refractivity contribution in [2.24, 2.45) is 0 Å². The number of non-ortho nitro benzene ring substituents is 1. The molecule has 4 aromatic rings. The number of fused-ring (bicyclic) bond motifs is 1. The van der Waals surface area contributed by atoms with E-state index in [0.29, 0.717) is 22.6 Å². The van der Waals surface area contributed by atoms with E-state index in [1.165, 1.54) is 24.5 Å². The molecule has 10 heteroatoms. The minimum absolute atomic E-state index is 0.0321. The summed E-state index contributed by atoms with van der Waals surface area (Å²) in [6.07, 6.45) is 2.83. The SMILES string of the molecule is O=C1NC(=O)N(Cc2ccco2)C(=O)/C1=C/c1c(OCc2ccc([N+](=O)[O-])cc2)ccc2ccccc12. The second-order valence-corrected chi connectivity index (χ2v) is 8.20. The van der Waals surface area contributed by atoms with Crippen LogP contribution in [0.5, 0.6) is 5.75 Å². The average Bonchev–Trinajstić information content (AvgIpc) is 3.41. The van der Waals surface area contributed by atoms with Crippen LogP contribution in [0.15, 0.2) is 89.0 Å². The predicted molar refractivity (Wildman–Crippen MR) is 132 cm³/mol. The van der Waals surface area contributed by atoms with Crippen LogP contribution in [0.1, 0.15) is 16.9 Å². The zero-order valence-electron chi connectivity index (χ0n) is 19.2. The number of hydrogen-bond acceptors (Lipinski definition) is 7. The molecule has 1 aliphatic heterocycles. The number of carbonyl (C=O) groups is 3. The van der Waals surface area contributed by atoms with E-state index in [-0.39, 0.29) is 24.4 Å². The molecule has 3 aromatic carbocycles. The van der Waals surface area contributed by atoms with Gasteiger partial charge in [0.1, 0.15) is 23.7 Å². The van der Waals surface area contributed by atoms with E-state index in [1.807, 2.05) is 30.3 Å². The molecule has 1 saturated heterocycles. The second kappa shape index (κ2) is 9.78. The Morgan fingerprint density at radius 1 is 0.973 bits per heavy atom. The number of amides is 4. The molecule has 5 rings (SSSR count). The van der Waals surface area contributed by atoms with Crippen molar-refractivity contribution in [3.63, 3.8) is 0 Å². The van der Waals surface area contributed by atoms with E-state index in [2.05, 4.69) is 5.32 Å². The molecule has 0 saturated carbocycles. The van der Waals surface area contributed by atoms with Crippen LogP contribution in [0.2, 0.25) is 0 Å². The molecule has 1 aliphatic rings. The average molecular weight is 497 g/mol. The van der Waals surface area contributed by atoms with Gasteiger partial charge in [-0.3, -0.25) is 29.9 Å². The minimum atomic E-state index is -0.837. The summed E-state index contributed by atoms with van der Waals surface area (Å²) >= 11 is 0. The fourth-order valence-electron chi connectivity index (χ4n) is 3.97. The summed E-state index contributed by atoms with van der Waals surface area (Å²) < 4.78 is 11.3. The summed E-state index contributed by atoms with van der Waals surface area (Å²) in [6.45, 7) is -0.0446. The first-order chi connectivity index (χ1) is 17.9. The smallest absolute Gasteiger partial charge is 0.331 e. The summed E-state index contributed by atoms with van der Waals surface area (Å²) in [7, 11) is 0. The van der Waals surface area contributed by atoms with Crippen molar-refractivity contribution >= 4 is 40.4 Å². The zero-order chi connectivity index (χ0) is 25.9. The van der Waals surface area contributed by atoms with Crippen LogP contribution in [0.3, 0.4) is 0 Å². The number of nitro benzene ring substituents is 1. The van der Waals surface area contributed by atoms with Gasteiger partial charge < -0.3 is 9.15 Å². The van der Waals surface area contributed by atoms with Crippen LogP contribution in [-0.4, -0.2) is 27.7 Å². The molecule has 2 heterocycles. The molecule has 0 atom stereocenters. The fourth-order valence-corrected chi connectivity index (χ4v) is 3.97. The topological polar surface area (TPSA) is 132 Å². The zero-order valence-corrected chi connectivity index (χ0v) is 19.2. The third-order valence-electron chi connectivity index (χ3n) is 5.84. The number of benzene rings is 3. The molecule has 10 nitrogen and oxygen atoms in total. The Balaban J connectivity index is 1.51. The largest absolute Gasteiger partial charge is 0.488 e. The van der Waals surface area contributed by atoms with E-state index in [4.69, 9.17) is 9.15 Å². The van der Waals surface area contributed by atoms with Gasteiger partial charge in [-0.1, -0.05) is 30.3 Å². The van der Waals surface area contributed by atoms with Gasteiger partial charge in [0.15, 0.2) is 0 Å². The van der Waals surface area contributed by atoms with Crippen molar-refractivity contribution < 1.29 is 28.5 Å². The van der Waals surface area contributed by atoms with E-state index >= 15 is 0 Å². The Labute approximate surface area is 209 Å². The lowest BCUT2D eigenvalue weighted by Gasteiger charge is -2.25. The first-order valence-electron chi connectivity index (χ1n) is 11.2. The maximum atomic E-state index is 13.2. The van der Waals surface area contributed by atoms with Crippen molar-refractivity contribution in [1.29, 1.82) is 0 Å². The maximum absolute atomic E-state index is 13.2. The first-order valence-corrected chi connectivity index (χ1v) is 11.2. The van der Waals surface area contributed by atoms with Crippen molar-refractivity contribution in [3.05, 3.63) is 112 Å². The first kappa shape index (κ1) is 23.5. The quantitative estimate of drug-likeness (QED) is 0.171. The lowest BCUT2D eigenvalue weighted by Crippen LogP contribution is -2.53. The molecule has 0 radical (unpaired) electrons. The maximum Gasteiger partial charge on any atom is 0.331 e. The highest BCUT2D eigenvalue weighted by molar-refractivity contribution is 6.31. The number of imide groups is 2. The van der Waals surface area contributed by atoms with Crippen LogP contribution >= 0.6 is 0 Å². The van der Waals surface area contributed by atoms with Gasteiger partial charge in [0, 0.05) is 17.7 Å². The van der Waals surface area contributed by atoms with Crippen molar-refractivity contribution in [2.45, 2.75) is 13.2 Å². The van der Waals surface area contributed by atoms with Gasteiger partial charge in [-0.15, -0.1) is 0 Å². The van der Waals surface area contributed by atoms with E-state index in [0.717, 1.165) is 15.7 Å². The molecule has 4 amide bonds. The molecule has 0 spiro atoms. The highest BCUT2D eigenvalue weighted by atomic mass is 16.6. The number of nitrogens with one attached hydrogen (secondary N) is 1. The van der Waals surface area contributed by atoms with Crippen molar-refractivity contribution in [3.8, 4) is 5.75 Å². The Kier molecular flexibility index (Phi) is 6.21. The predicted octanol–water partition coefficient (Wildman–Crippen LogP) is 4.58. The lowest BCUT2D eigenvalue weighted by molar-refractivity contribution is -0.384. The highest BCUT2D eigenvalue weighted by Gasteiger charge is 2.36. The van der Waals surface area contributed by atoms with Crippen molar-refractivity contribution in [1.82, 2.24) is 10.2 Å². The summed E-state index contributed by atoms with van der Waals surface area (Å²) in [6, 6.07) is 19.3. The molecule has 0 aliphatic carbocycles. The molecule has 1 aromatic heterocycles. The Morgan fingerprint density at radius 3 is 2.49 bits per heavy atom. The third kappa shape index (κ3) is 4.80. The molecule has 0 bridgehead atoms. The minimum Gasteiger partial charge on any atom is -0.488 e. The number of nitrogens with zero attached hydrogens (tertiary/aromatic N) is 2. The molecule has 184 valence electrons. The number of carbonyl (C=O) groups excluding carboxylic acids is 3. The number of hydrogen-bond donors (Lipinski definition) is 1. The highest BCUT2D eigenvalue weighted by Crippen LogP contribution is 2.32. The normalized spacial score (nSPS) is 14.8. The molecule has 37 heavy (non-hydrogen) atoms. The van der Waals surface area contributed by atoms with Gasteiger partial charge >= 0.3 is 6.03 Å². The second-order valence-electron chi connectivity index (χ2n) is 8.20. The Hall–Kier alpha value is -5.25. The number of ether oxygens (including phenoxy) is 1. The third-order valence-corrected chi connectivity index (χ3v) is 5.84. The van der Waals surface area contributed by atoms with Gasteiger partial charge in [0.2, 0.25) is 0 Å². The van der Waals surface area contributed by atoms with Crippen LogP contribution in [0, 0.1) is 10.1 Å². The van der Waals surface area contributed by atoms with E-state index in [9.17, 15) is 24.5 Å². The lowest BCUT2D eigenvalue weighted by atomic mass is 9.99. The summed E-state index contributed by atoms with van der Waals surface area (Å²) in [5, 5.41) is 14.7. The van der Waals surface area contributed by atoms with E-state index < -0.39 is 22.8 Å². The fraction of sp³-hybridized carbons (Fsp3) is 0.0741. The summed E-state index contributed by atoms with van der Waals surface area (Å²) in [5.41, 5.74) is 0.905. The molecule has 1 N–H and O–H groups in total. The Morgan fingerprint density at radius 2 is 1.76 bits per heavy atom.